The molecule has 1 rings (SSSR count). The molecule has 1 aromatic carbocycles. The predicted octanol–water partition coefficient (Wildman–Crippen LogP) is 2.49. The molecule has 0 fully saturated rings. The Kier molecular flexibility index (Phi) is 8.45. The van der Waals surface area contributed by atoms with Crippen molar-refractivity contribution < 1.29 is 19.0 Å². The Bertz CT molecular complexity index is 449. The van der Waals surface area contributed by atoms with Gasteiger partial charge in [-0.1, -0.05) is 23.2 Å². The summed E-state index contributed by atoms with van der Waals surface area (Å²) in [5.74, 6) is 0.267. The standard InChI is InChI=1S/C14H19Cl2NO4/c1-19-7-5-17(6-8-20-2)14(18)10-21-13-4-3-11(15)9-12(13)16/h3-4,9H,5-8,10H2,1-2H3. The van der Waals surface area contributed by atoms with Crippen molar-refractivity contribution in [3.05, 3.63) is 28.2 Å². The number of hydrogen-bond acceptors (Lipinski definition) is 4. The molecule has 0 unspecified atom stereocenters. The Balaban J connectivity index is 2.55. The Hall–Kier alpha value is -1.01. The van der Waals surface area contributed by atoms with E-state index < -0.39 is 0 Å². The Morgan fingerprint density at radius 1 is 1.14 bits per heavy atom. The van der Waals surface area contributed by atoms with Gasteiger partial charge >= 0.3 is 0 Å². The predicted molar refractivity (Wildman–Crippen MR) is 82.3 cm³/mol. The molecule has 0 aliphatic heterocycles. The molecule has 0 atom stereocenters. The van der Waals surface area contributed by atoms with Gasteiger partial charge in [-0.15, -0.1) is 0 Å². The molecule has 0 aliphatic rings. The minimum Gasteiger partial charge on any atom is -0.482 e. The summed E-state index contributed by atoms with van der Waals surface area (Å²) in [5, 5.41) is 0.885. The third kappa shape index (κ3) is 6.52. The summed E-state index contributed by atoms with van der Waals surface area (Å²) in [6.07, 6.45) is 0. The topological polar surface area (TPSA) is 48.0 Å². The number of rotatable bonds is 9. The van der Waals surface area contributed by atoms with E-state index >= 15 is 0 Å². The molecular formula is C14H19Cl2NO4. The van der Waals surface area contributed by atoms with Gasteiger partial charge in [0, 0.05) is 32.3 Å². The van der Waals surface area contributed by atoms with Gasteiger partial charge in [-0.2, -0.15) is 0 Å². The first-order valence-electron chi connectivity index (χ1n) is 6.42. The Morgan fingerprint density at radius 3 is 2.29 bits per heavy atom. The van der Waals surface area contributed by atoms with Crippen LogP contribution >= 0.6 is 23.2 Å². The van der Waals surface area contributed by atoms with Crippen LogP contribution in [0.4, 0.5) is 0 Å². The first-order chi connectivity index (χ1) is 10.1. The maximum absolute atomic E-state index is 12.1. The van der Waals surface area contributed by atoms with E-state index in [1.165, 1.54) is 0 Å². The number of ether oxygens (including phenoxy) is 3. The maximum Gasteiger partial charge on any atom is 0.260 e. The van der Waals surface area contributed by atoms with Gasteiger partial charge in [0.25, 0.3) is 5.91 Å². The van der Waals surface area contributed by atoms with Crippen LogP contribution in [0.15, 0.2) is 18.2 Å². The van der Waals surface area contributed by atoms with Crippen molar-refractivity contribution in [1.82, 2.24) is 4.90 Å². The van der Waals surface area contributed by atoms with Gasteiger partial charge in [0.05, 0.1) is 18.2 Å². The first-order valence-corrected chi connectivity index (χ1v) is 7.17. The summed E-state index contributed by atoms with van der Waals surface area (Å²) < 4.78 is 15.4. The van der Waals surface area contributed by atoms with E-state index in [0.717, 1.165) is 0 Å². The SMILES string of the molecule is COCCN(CCOC)C(=O)COc1ccc(Cl)cc1Cl. The van der Waals surface area contributed by atoms with Crippen LogP contribution in [0.1, 0.15) is 0 Å². The zero-order valence-electron chi connectivity index (χ0n) is 12.1. The second kappa shape index (κ2) is 9.84. The Labute approximate surface area is 134 Å². The smallest absolute Gasteiger partial charge is 0.260 e. The zero-order chi connectivity index (χ0) is 15.7. The quantitative estimate of drug-likeness (QED) is 0.695. The van der Waals surface area contributed by atoms with E-state index in [1.807, 2.05) is 0 Å². The molecule has 21 heavy (non-hydrogen) atoms. The lowest BCUT2D eigenvalue weighted by Gasteiger charge is -2.22. The summed E-state index contributed by atoms with van der Waals surface area (Å²) in [4.78, 5) is 13.7. The lowest BCUT2D eigenvalue weighted by atomic mass is 10.3. The molecule has 7 heteroatoms. The van der Waals surface area contributed by atoms with Crippen molar-refractivity contribution in [3.63, 3.8) is 0 Å². The summed E-state index contributed by atoms with van der Waals surface area (Å²) in [6, 6.07) is 4.85. The van der Waals surface area contributed by atoms with Crippen molar-refractivity contribution in [3.8, 4) is 5.75 Å². The summed E-state index contributed by atoms with van der Waals surface area (Å²) in [6.45, 7) is 1.77. The zero-order valence-corrected chi connectivity index (χ0v) is 13.6. The molecule has 0 radical (unpaired) electrons. The van der Waals surface area contributed by atoms with Gasteiger partial charge in [0.15, 0.2) is 6.61 Å². The van der Waals surface area contributed by atoms with Crippen LogP contribution in [-0.4, -0.2) is 57.9 Å². The van der Waals surface area contributed by atoms with Crippen LogP contribution < -0.4 is 4.74 Å². The van der Waals surface area contributed by atoms with Crippen LogP contribution in [0.5, 0.6) is 5.75 Å². The molecular weight excluding hydrogens is 317 g/mol. The van der Waals surface area contributed by atoms with Crippen LogP contribution in [0, 0.1) is 0 Å². The number of methoxy groups -OCH3 is 2. The van der Waals surface area contributed by atoms with Crippen LogP contribution in [0.25, 0.3) is 0 Å². The van der Waals surface area contributed by atoms with Gasteiger partial charge in [0.1, 0.15) is 5.75 Å². The number of nitrogens with zero attached hydrogens (tertiary/aromatic N) is 1. The lowest BCUT2D eigenvalue weighted by molar-refractivity contribution is -0.134. The molecule has 1 amide bonds. The second-order valence-electron chi connectivity index (χ2n) is 4.23. The van der Waals surface area contributed by atoms with E-state index in [4.69, 9.17) is 37.4 Å². The van der Waals surface area contributed by atoms with Crippen LogP contribution in [0.3, 0.4) is 0 Å². The number of amides is 1. The molecule has 1 aromatic rings. The maximum atomic E-state index is 12.1. The molecule has 0 aliphatic carbocycles. The third-order valence-electron chi connectivity index (χ3n) is 2.73. The van der Waals surface area contributed by atoms with E-state index in [-0.39, 0.29) is 12.5 Å². The van der Waals surface area contributed by atoms with Crippen LogP contribution in [-0.2, 0) is 14.3 Å². The molecule has 118 valence electrons. The normalized spacial score (nSPS) is 10.5. The molecule has 0 N–H and O–H groups in total. The number of benzene rings is 1. The van der Waals surface area contributed by atoms with Crippen molar-refractivity contribution in [1.29, 1.82) is 0 Å². The van der Waals surface area contributed by atoms with Crippen molar-refractivity contribution in [2.24, 2.45) is 0 Å². The van der Waals surface area contributed by atoms with Gasteiger partial charge in [-0.25, -0.2) is 0 Å². The highest BCUT2D eigenvalue weighted by Crippen LogP contribution is 2.27. The summed E-state index contributed by atoms with van der Waals surface area (Å²) in [7, 11) is 3.17. The summed E-state index contributed by atoms with van der Waals surface area (Å²) in [5.41, 5.74) is 0. The number of halogens is 2. The number of hydrogen-bond donors (Lipinski definition) is 0. The molecule has 0 saturated heterocycles. The largest absolute Gasteiger partial charge is 0.482 e. The fourth-order valence-electron chi connectivity index (χ4n) is 1.59. The highest BCUT2D eigenvalue weighted by molar-refractivity contribution is 6.35. The monoisotopic (exact) mass is 335 g/mol. The van der Waals surface area contributed by atoms with Gasteiger partial charge in [-0.05, 0) is 18.2 Å². The van der Waals surface area contributed by atoms with E-state index in [1.54, 1.807) is 37.3 Å². The summed E-state index contributed by atoms with van der Waals surface area (Å²) >= 11 is 11.8. The average molecular weight is 336 g/mol. The molecule has 0 bridgehead atoms. The van der Waals surface area contributed by atoms with Crippen molar-refractivity contribution in [2.75, 3.05) is 47.1 Å². The molecule has 0 heterocycles. The third-order valence-corrected chi connectivity index (χ3v) is 3.26. The fourth-order valence-corrected chi connectivity index (χ4v) is 2.05. The van der Waals surface area contributed by atoms with Gasteiger partial charge in [0.2, 0.25) is 0 Å². The molecule has 0 spiro atoms. The minimum absolute atomic E-state index is 0.102. The van der Waals surface area contributed by atoms with Gasteiger partial charge < -0.3 is 19.1 Å². The molecule has 5 nitrogen and oxygen atoms in total. The average Bonchev–Trinajstić information content (AvgIpc) is 2.46. The van der Waals surface area contributed by atoms with Crippen molar-refractivity contribution in [2.45, 2.75) is 0 Å². The van der Waals surface area contributed by atoms with E-state index in [2.05, 4.69) is 0 Å². The van der Waals surface area contributed by atoms with Crippen LogP contribution in [0.2, 0.25) is 10.0 Å². The number of carbonyl (C=O) groups is 1. The molecule has 0 saturated carbocycles. The second-order valence-corrected chi connectivity index (χ2v) is 5.07. The first kappa shape index (κ1) is 18.0. The fraction of sp³-hybridized carbons (Fsp3) is 0.500. The Morgan fingerprint density at radius 2 is 1.76 bits per heavy atom. The van der Waals surface area contributed by atoms with E-state index in [9.17, 15) is 4.79 Å². The number of carbonyl (C=O) groups excluding carboxylic acids is 1. The highest BCUT2D eigenvalue weighted by atomic mass is 35.5. The van der Waals surface area contributed by atoms with Crippen molar-refractivity contribution >= 4 is 29.1 Å². The lowest BCUT2D eigenvalue weighted by Crippen LogP contribution is -2.39. The molecule has 0 aromatic heterocycles. The van der Waals surface area contributed by atoms with E-state index in [0.29, 0.717) is 42.1 Å². The van der Waals surface area contributed by atoms with Gasteiger partial charge in [-0.3, -0.25) is 4.79 Å². The minimum atomic E-state index is -0.157. The highest BCUT2D eigenvalue weighted by Gasteiger charge is 2.14.